The molecule has 0 aliphatic heterocycles. The zero-order valence-electron chi connectivity index (χ0n) is 7.62. The van der Waals surface area contributed by atoms with E-state index in [1.807, 2.05) is 25.3 Å². The maximum Gasteiger partial charge on any atom is 0.132 e. The first-order chi connectivity index (χ1) is 6.74. The highest BCUT2D eigenvalue weighted by atomic mass is 79.9. The number of rotatable bonds is 2. The van der Waals surface area contributed by atoms with Crippen LogP contribution in [0, 0.1) is 4.91 Å². The van der Waals surface area contributed by atoms with Crippen LogP contribution >= 0.6 is 15.9 Å². The minimum absolute atomic E-state index is 0.262. The summed E-state index contributed by atoms with van der Waals surface area (Å²) in [5, 5.41) is 4.02. The predicted octanol–water partition coefficient (Wildman–Crippen LogP) is 4.02. The SMILES string of the molecule is CC(Br)c1c[nH]c2c(N=O)cccc12. The van der Waals surface area contributed by atoms with E-state index < -0.39 is 0 Å². The van der Waals surface area contributed by atoms with Gasteiger partial charge in [-0.3, -0.25) is 0 Å². The Kier molecular flexibility index (Phi) is 2.37. The Bertz CT molecular complexity index is 476. The maximum absolute atomic E-state index is 10.5. The van der Waals surface area contributed by atoms with E-state index >= 15 is 0 Å². The van der Waals surface area contributed by atoms with Crippen molar-refractivity contribution in [3.05, 3.63) is 34.9 Å². The highest BCUT2D eigenvalue weighted by Crippen LogP contribution is 2.33. The van der Waals surface area contributed by atoms with Crippen LogP contribution in [0.15, 0.2) is 29.6 Å². The maximum atomic E-state index is 10.5. The van der Waals surface area contributed by atoms with Crippen LogP contribution in [0.5, 0.6) is 0 Å². The molecular weight excluding hydrogens is 244 g/mol. The fraction of sp³-hybridized carbons (Fsp3) is 0.200. The summed E-state index contributed by atoms with van der Waals surface area (Å²) in [4.78, 5) is 13.8. The third kappa shape index (κ3) is 1.35. The van der Waals surface area contributed by atoms with E-state index in [4.69, 9.17) is 0 Å². The van der Waals surface area contributed by atoms with Crippen molar-refractivity contribution in [1.82, 2.24) is 4.98 Å². The van der Waals surface area contributed by atoms with Gasteiger partial charge in [-0.05, 0) is 23.7 Å². The van der Waals surface area contributed by atoms with Crippen molar-refractivity contribution in [1.29, 1.82) is 0 Å². The van der Waals surface area contributed by atoms with Gasteiger partial charge < -0.3 is 4.98 Å². The van der Waals surface area contributed by atoms with Crippen molar-refractivity contribution in [2.24, 2.45) is 5.18 Å². The molecule has 0 spiro atoms. The Hall–Kier alpha value is -1.16. The number of aromatic amines is 1. The monoisotopic (exact) mass is 252 g/mol. The first-order valence-corrected chi connectivity index (χ1v) is 5.23. The van der Waals surface area contributed by atoms with Gasteiger partial charge in [-0.2, -0.15) is 0 Å². The van der Waals surface area contributed by atoms with Gasteiger partial charge in [0.05, 0.1) is 5.52 Å². The average molecular weight is 253 g/mol. The molecule has 2 rings (SSSR count). The zero-order valence-corrected chi connectivity index (χ0v) is 9.21. The molecule has 3 nitrogen and oxygen atoms in total. The van der Waals surface area contributed by atoms with E-state index in [1.165, 1.54) is 0 Å². The fourth-order valence-electron chi connectivity index (χ4n) is 1.57. The number of benzene rings is 1. The lowest BCUT2D eigenvalue weighted by atomic mass is 10.1. The van der Waals surface area contributed by atoms with E-state index in [1.54, 1.807) is 6.07 Å². The Morgan fingerprint density at radius 1 is 1.50 bits per heavy atom. The molecule has 0 bridgehead atoms. The summed E-state index contributed by atoms with van der Waals surface area (Å²) in [7, 11) is 0. The van der Waals surface area contributed by atoms with Crippen LogP contribution in [0.1, 0.15) is 17.3 Å². The van der Waals surface area contributed by atoms with Crippen LogP contribution in [0.2, 0.25) is 0 Å². The molecule has 1 aromatic carbocycles. The van der Waals surface area contributed by atoms with Crippen LogP contribution in [0.3, 0.4) is 0 Å². The third-order valence-corrected chi connectivity index (χ3v) is 2.75. The lowest BCUT2D eigenvalue weighted by Crippen LogP contribution is -1.79. The summed E-state index contributed by atoms with van der Waals surface area (Å²) >= 11 is 3.50. The van der Waals surface area contributed by atoms with Crippen molar-refractivity contribution in [3.63, 3.8) is 0 Å². The molecule has 0 amide bonds. The highest BCUT2D eigenvalue weighted by molar-refractivity contribution is 9.09. The Morgan fingerprint density at radius 3 is 2.93 bits per heavy atom. The van der Waals surface area contributed by atoms with Gasteiger partial charge in [-0.15, -0.1) is 4.91 Å². The molecular formula is C10H9BrN2O. The van der Waals surface area contributed by atoms with Gasteiger partial charge in [-0.1, -0.05) is 28.1 Å². The molecule has 2 aromatic rings. The number of fused-ring (bicyclic) bond motifs is 1. The van der Waals surface area contributed by atoms with E-state index in [2.05, 4.69) is 26.1 Å². The van der Waals surface area contributed by atoms with Gasteiger partial charge in [0.1, 0.15) is 5.69 Å². The van der Waals surface area contributed by atoms with Crippen LogP contribution in [0.25, 0.3) is 10.9 Å². The van der Waals surface area contributed by atoms with Gasteiger partial charge in [0.15, 0.2) is 0 Å². The second-order valence-corrected chi connectivity index (χ2v) is 4.52. The van der Waals surface area contributed by atoms with Gasteiger partial charge >= 0.3 is 0 Å². The lowest BCUT2D eigenvalue weighted by Gasteiger charge is -2.00. The summed E-state index contributed by atoms with van der Waals surface area (Å²) in [6, 6.07) is 5.52. The minimum Gasteiger partial charge on any atom is -0.359 e. The average Bonchev–Trinajstić information content (AvgIpc) is 2.60. The van der Waals surface area contributed by atoms with Crippen LogP contribution in [-0.4, -0.2) is 4.98 Å². The van der Waals surface area contributed by atoms with Gasteiger partial charge in [-0.25, -0.2) is 0 Å². The minimum atomic E-state index is 0.262. The summed E-state index contributed by atoms with van der Waals surface area (Å²) < 4.78 is 0. The van der Waals surface area contributed by atoms with Crippen molar-refractivity contribution in [3.8, 4) is 0 Å². The Balaban J connectivity index is 2.75. The van der Waals surface area contributed by atoms with Crippen molar-refractivity contribution < 1.29 is 0 Å². The number of nitroso groups, excluding NO2 is 1. The smallest absolute Gasteiger partial charge is 0.132 e. The van der Waals surface area contributed by atoms with Crippen molar-refractivity contribution >= 4 is 32.5 Å². The molecule has 1 unspecified atom stereocenters. The lowest BCUT2D eigenvalue weighted by molar-refractivity contribution is 1.14. The number of hydrogen-bond donors (Lipinski definition) is 1. The molecule has 0 fully saturated rings. The summed E-state index contributed by atoms with van der Waals surface area (Å²) in [6.45, 7) is 2.05. The molecule has 1 atom stereocenters. The summed E-state index contributed by atoms with van der Waals surface area (Å²) in [5.41, 5.74) is 2.41. The number of H-pyrrole nitrogens is 1. The van der Waals surface area contributed by atoms with Crippen LogP contribution in [-0.2, 0) is 0 Å². The highest BCUT2D eigenvalue weighted by Gasteiger charge is 2.10. The summed E-state index contributed by atoms with van der Waals surface area (Å²) in [5.74, 6) is 0. The first kappa shape index (κ1) is 9.40. The second kappa shape index (κ2) is 3.53. The van der Waals surface area contributed by atoms with Gasteiger partial charge in [0, 0.05) is 16.4 Å². The quantitative estimate of drug-likeness (QED) is 0.637. The van der Waals surface area contributed by atoms with E-state index in [9.17, 15) is 4.91 Å². The molecule has 14 heavy (non-hydrogen) atoms. The number of hydrogen-bond acceptors (Lipinski definition) is 2. The van der Waals surface area contributed by atoms with Crippen LogP contribution in [0.4, 0.5) is 5.69 Å². The molecule has 0 saturated heterocycles. The van der Waals surface area contributed by atoms with E-state index in [-0.39, 0.29) is 4.83 Å². The van der Waals surface area contributed by atoms with E-state index in [0.29, 0.717) is 5.69 Å². The number of nitrogens with one attached hydrogen (secondary N) is 1. The molecule has 4 heteroatoms. The Morgan fingerprint density at radius 2 is 2.29 bits per heavy atom. The second-order valence-electron chi connectivity index (χ2n) is 3.15. The molecule has 0 aliphatic carbocycles. The molecule has 1 N–H and O–H groups in total. The third-order valence-electron chi connectivity index (χ3n) is 2.25. The molecule has 72 valence electrons. The first-order valence-electron chi connectivity index (χ1n) is 4.31. The molecule has 1 aromatic heterocycles. The number of halogens is 1. The van der Waals surface area contributed by atoms with Crippen molar-refractivity contribution in [2.75, 3.05) is 0 Å². The predicted molar refractivity (Wildman–Crippen MR) is 61.1 cm³/mol. The number of nitrogens with zero attached hydrogens (tertiary/aromatic N) is 1. The molecule has 1 heterocycles. The van der Waals surface area contributed by atoms with E-state index in [0.717, 1.165) is 16.5 Å². The zero-order chi connectivity index (χ0) is 10.1. The normalized spacial score (nSPS) is 13.0. The molecule has 0 saturated carbocycles. The number of alkyl halides is 1. The summed E-state index contributed by atoms with van der Waals surface area (Å²) in [6.07, 6.45) is 1.90. The van der Waals surface area contributed by atoms with Gasteiger partial charge in [0.2, 0.25) is 0 Å². The Labute approximate surface area is 89.6 Å². The largest absolute Gasteiger partial charge is 0.359 e. The number of aromatic nitrogens is 1. The fourth-order valence-corrected chi connectivity index (χ4v) is 1.94. The molecule has 0 aliphatic rings. The van der Waals surface area contributed by atoms with Gasteiger partial charge in [0.25, 0.3) is 0 Å². The number of para-hydroxylation sites is 1. The molecule has 0 radical (unpaired) electrons. The van der Waals surface area contributed by atoms with Crippen LogP contribution < -0.4 is 0 Å². The topological polar surface area (TPSA) is 45.2 Å². The van der Waals surface area contributed by atoms with Crippen molar-refractivity contribution in [2.45, 2.75) is 11.8 Å². The standard InChI is InChI=1S/C10H9BrN2O/c1-6(11)8-5-12-10-7(8)3-2-4-9(10)13-14/h2-6,12H,1H3.